The second-order valence-electron chi connectivity index (χ2n) is 14.5. The molecule has 268 valence electrons. The minimum Gasteiger partial charge on any atom is -0.456 e. The van der Waals surface area contributed by atoms with Crippen LogP contribution < -0.4 is 9.80 Å². The van der Waals surface area contributed by atoms with Crippen LogP contribution in [0.5, 0.6) is 0 Å². The lowest BCUT2D eigenvalue weighted by atomic mass is 10.00. The molecule has 0 aliphatic heterocycles. The topological polar surface area (TPSA) is 32.8 Å². The summed E-state index contributed by atoms with van der Waals surface area (Å²) < 4.78 is 15.0. The summed E-state index contributed by atoms with van der Waals surface area (Å²) in [5, 5.41) is 9.36. The summed E-state index contributed by atoms with van der Waals surface area (Å²) in [6.45, 7) is 0. The van der Waals surface area contributed by atoms with Crippen molar-refractivity contribution in [3.8, 4) is 0 Å². The van der Waals surface area contributed by atoms with Crippen molar-refractivity contribution < 1.29 is 8.83 Å². The van der Waals surface area contributed by atoms with Gasteiger partial charge in [-0.15, -0.1) is 11.3 Å². The fourth-order valence-electron chi connectivity index (χ4n) is 8.67. The molecule has 3 heterocycles. The Balaban J connectivity index is 1.07. The van der Waals surface area contributed by atoms with Gasteiger partial charge in [0.1, 0.15) is 22.3 Å². The molecule has 0 N–H and O–H groups in total. The highest BCUT2D eigenvalue weighted by atomic mass is 32.1. The normalized spacial score (nSPS) is 11.9. The number of furan rings is 2. The van der Waals surface area contributed by atoms with Gasteiger partial charge in [0.05, 0.1) is 5.69 Å². The molecule has 0 saturated heterocycles. The third-order valence-electron chi connectivity index (χ3n) is 11.2. The van der Waals surface area contributed by atoms with Gasteiger partial charge in [0, 0.05) is 75.5 Å². The molecular weight excluding hydrogens is 717 g/mol. The summed E-state index contributed by atoms with van der Waals surface area (Å²) in [5.41, 5.74) is 10.1. The van der Waals surface area contributed by atoms with Gasteiger partial charge in [0.2, 0.25) is 0 Å². The van der Waals surface area contributed by atoms with Crippen LogP contribution in [0.4, 0.5) is 34.1 Å². The Morgan fingerprint density at radius 3 is 1.37 bits per heavy atom. The van der Waals surface area contributed by atoms with E-state index in [1.165, 1.54) is 30.9 Å². The zero-order valence-corrected chi connectivity index (χ0v) is 31.4. The Labute approximate surface area is 331 Å². The van der Waals surface area contributed by atoms with E-state index in [9.17, 15) is 0 Å². The summed E-state index contributed by atoms with van der Waals surface area (Å²) in [7, 11) is 0. The van der Waals surface area contributed by atoms with Crippen molar-refractivity contribution in [1.29, 1.82) is 0 Å². The van der Waals surface area contributed by atoms with Crippen LogP contribution in [-0.4, -0.2) is 0 Å². The van der Waals surface area contributed by atoms with Crippen molar-refractivity contribution in [3.63, 3.8) is 0 Å². The molecule has 5 heteroatoms. The van der Waals surface area contributed by atoms with E-state index in [0.29, 0.717) is 0 Å². The summed E-state index contributed by atoms with van der Waals surface area (Å²) >= 11 is 1.85. The van der Waals surface area contributed by atoms with Gasteiger partial charge < -0.3 is 18.6 Å². The average molecular weight is 749 g/mol. The molecule has 0 unspecified atom stereocenters. The molecule has 0 aliphatic carbocycles. The predicted molar refractivity (Wildman–Crippen MR) is 241 cm³/mol. The van der Waals surface area contributed by atoms with Crippen molar-refractivity contribution in [2.24, 2.45) is 0 Å². The fraction of sp³-hybridized carbons (Fsp3) is 0. The van der Waals surface area contributed by atoms with Crippen LogP contribution in [0.25, 0.3) is 74.8 Å². The lowest BCUT2D eigenvalue weighted by molar-refractivity contribution is 0.668. The lowest BCUT2D eigenvalue weighted by Crippen LogP contribution is -2.10. The van der Waals surface area contributed by atoms with Gasteiger partial charge in [-0.3, -0.25) is 0 Å². The largest absolute Gasteiger partial charge is 0.456 e. The molecule has 3 aromatic heterocycles. The fourth-order valence-corrected chi connectivity index (χ4v) is 9.81. The van der Waals surface area contributed by atoms with Gasteiger partial charge in [-0.25, -0.2) is 0 Å². The van der Waals surface area contributed by atoms with Crippen LogP contribution in [0, 0.1) is 0 Å². The van der Waals surface area contributed by atoms with Gasteiger partial charge in [-0.1, -0.05) is 97.1 Å². The molecule has 12 rings (SSSR count). The first kappa shape index (κ1) is 32.0. The van der Waals surface area contributed by atoms with E-state index >= 15 is 0 Å². The summed E-state index contributed by atoms with van der Waals surface area (Å²) in [5.74, 6) is 0. The van der Waals surface area contributed by atoms with E-state index < -0.39 is 0 Å². The molecule has 0 aliphatic rings. The molecule has 12 aromatic rings. The average Bonchev–Trinajstić information content (AvgIpc) is 3.95. The number of para-hydroxylation sites is 4. The Hall–Kier alpha value is -7.34. The second kappa shape index (κ2) is 12.6. The number of anilines is 6. The highest BCUT2D eigenvalue weighted by molar-refractivity contribution is 7.26. The Morgan fingerprint density at radius 2 is 0.754 bits per heavy atom. The van der Waals surface area contributed by atoms with Crippen LogP contribution in [-0.2, 0) is 0 Å². The molecule has 0 fully saturated rings. The third kappa shape index (κ3) is 5.06. The highest BCUT2D eigenvalue weighted by Gasteiger charge is 2.22. The first-order chi connectivity index (χ1) is 28.2. The van der Waals surface area contributed by atoms with Crippen molar-refractivity contribution in [1.82, 2.24) is 0 Å². The van der Waals surface area contributed by atoms with Crippen molar-refractivity contribution in [2.75, 3.05) is 9.80 Å². The second-order valence-corrected chi connectivity index (χ2v) is 15.6. The van der Waals surface area contributed by atoms with Crippen molar-refractivity contribution >= 4 is 120 Å². The monoisotopic (exact) mass is 748 g/mol. The molecule has 0 atom stereocenters. The molecule has 9 aromatic carbocycles. The zero-order chi connectivity index (χ0) is 37.5. The quantitative estimate of drug-likeness (QED) is 0.170. The van der Waals surface area contributed by atoms with Gasteiger partial charge in [0.15, 0.2) is 0 Å². The van der Waals surface area contributed by atoms with E-state index in [-0.39, 0.29) is 0 Å². The van der Waals surface area contributed by atoms with E-state index in [4.69, 9.17) is 8.83 Å². The highest BCUT2D eigenvalue weighted by Crippen LogP contribution is 2.48. The molecular formula is C52H32N2O2S. The maximum Gasteiger partial charge on any atom is 0.135 e. The number of rotatable bonds is 6. The lowest BCUT2D eigenvalue weighted by Gasteiger charge is -2.27. The molecule has 0 saturated carbocycles. The smallest absolute Gasteiger partial charge is 0.135 e. The van der Waals surface area contributed by atoms with Crippen molar-refractivity contribution in [3.05, 3.63) is 194 Å². The molecule has 0 radical (unpaired) electrons. The van der Waals surface area contributed by atoms with Gasteiger partial charge in [-0.2, -0.15) is 0 Å². The maximum absolute atomic E-state index is 6.25. The van der Waals surface area contributed by atoms with Crippen molar-refractivity contribution in [2.45, 2.75) is 0 Å². The van der Waals surface area contributed by atoms with Crippen LogP contribution in [0.3, 0.4) is 0 Å². The van der Waals surface area contributed by atoms with Gasteiger partial charge >= 0.3 is 0 Å². The van der Waals surface area contributed by atoms with Crippen LogP contribution in [0.15, 0.2) is 203 Å². The summed E-state index contributed by atoms with van der Waals surface area (Å²) in [6.07, 6.45) is 0. The molecule has 4 nitrogen and oxygen atoms in total. The number of thiophene rings is 1. The maximum atomic E-state index is 6.25. The Bertz CT molecular complexity index is 3490. The summed E-state index contributed by atoms with van der Waals surface area (Å²) in [6, 6.07) is 69.1. The van der Waals surface area contributed by atoms with Crippen LogP contribution in [0.1, 0.15) is 0 Å². The number of hydrogen-bond donors (Lipinski definition) is 0. The van der Waals surface area contributed by atoms with Gasteiger partial charge in [-0.05, 0) is 102 Å². The molecule has 0 spiro atoms. The van der Waals surface area contributed by atoms with Crippen LogP contribution in [0.2, 0.25) is 0 Å². The van der Waals surface area contributed by atoms with Gasteiger partial charge in [0.25, 0.3) is 0 Å². The molecule has 0 bridgehead atoms. The Morgan fingerprint density at radius 1 is 0.298 bits per heavy atom. The zero-order valence-electron chi connectivity index (χ0n) is 30.6. The van der Waals surface area contributed by atoms with E-state index in [2.05, 4.69) is 180 Å². The number of nitrogens with zero attached hydrogens (tertiary/aromatic N) is 2. The number of fused-ring (bicyclic) bond motifs is 11. The van der Waals surface area contributed by atoms with E-state index in [1.54, 1.807) is 0 Å². The van der Waals surface area contributed by atoms with E-state index in [1.807, 2.05) is 35.6 Å². The number of benzene rings is 9. The molecule has 0 amide bonds. The summed E-state index contributed by atoms with van der Waals surface area (Å²) in [4.78, 5) is 4.75. The third-order valence-corrected chi connectivity index (χ3v) is 12.3. The van der Waals surface area contributed by atoms with E-state index in [0.717, 1.165) is 78.0 Å². The standard InChI is InChI=1S/C52H32N2O2S/c1-3-13-33(14-4-1)53(35-23-26-48-42(29-35)39-18-9-11-21-46(39)55-48)36-25-28-50-44(31-36)52-41-20-8-7-17-38(41)45(32-51(52)57-50)54(34-15-5-2-6-16-34)37-24-27-49-43(30-37)40-19-10-12-22-47(40)56-49/h1-32H. The van der Waals surface area contributed by atoms with Crippen LogP contribution >= 0.6 is 11.3 Å². The first-order valence-electron chi connectivity index (χ1n) is 19.2. The minimum atomic E-state index is 0.885. The first-order valence-corrected chi connectivity index (χ1v) is 20.0. The predicted octanol–water partition coefficient (Wildman–Crippen LogP) is 15.9. The Kier molecular flexibility index (Phi) is 7.06. The molecule has 57 heavy (non-hydrogen) atoms. The minimum absolute atomic E-state index is 0.885. The SMILES string of the molecule is c1ccc(N(c2ccc3oc4ccccc4c3c2)c2ccc3sc4cc(N(c5ccccc5)c5ccc6oc7ccccc7c6c5)c5ccccc5c4c3c2)cc1. The number of hydrogen-bond acceptors (Lipinski definition) is 5.